The molecule has 2 aromatic heterocycles. The lowest BCUT2D eigenvalue weighted by Gasteiger charge is -2.15. The summed E-state index contributed by atoms with van der Waals surface area (Å²) in [4.78, 5) is 34.0. The largest absolute Gasteiger partial charge is 0.383 e. The fourth-order valence-electron chi connectivity index (χ4n) is 2.68. The van der Waals surface area contributed by atoms with Crippen LogP contribution in [0.1, 0.15) is 12.0 Å². The molecule has 3 rings (SSSR count). The Morgan fingerprint density at radius 3 is 3.00 bits per heavy atom. The molecule has 2 aromatic rings. The number of aromatic nitrogens is 4. The molecule has 0 aliphatic carbocycles. The minimum atomic E-state index is -0.313. The summed E-state index contributed by atoms with van der Waals surface area (Å²) in [6, 6.07) is 3.68. The summed E-state index contributed by atoms with van der Waals surface area (Å²) in [5.41, 5.74) is 0.873. The van der Waals surface area contributed by atoms with Crippen LogP contribution in [0.3, 0.4) is 0 Å². The molecule has 2 amide bonds. The van der Waals surface area contributed by atoms with Gasteiger partial charge in [0, 0.05) is 39.4 Å². The Morgan fingerprint density at radius 1 is 1.44 bits per heavy atom. The van der Waals surface area contributed by atoms with Crippen molar-refractivity contribution in [3.8, 4) is 5.82 Å². The number of methoxy groups -OCH3 is 1. The predicted octanol–water partition coefficient (Wildman–Crippen LogP) is -0.227. The second-order valence-electron chi connectivity index (χ2n) is 5.82. The smallest absolute Gasteiger partial charge is 0.225 e. The van der Waals surface area contributed by atoms with E-state index in [4.69, 9.17) is 4.74 Å². The number of carbonyl (C=O) groups excluding carboxylic acids is 2. The molecule has 1 unspecified atom stereocenters. The van der Waals surface area contributed by atoms with E-state index in [0.717, 1.165) is 5.56 Å². The third-order valence-electron chi connectivity index (χ3n) is 4.08. The van der Waals surface area contributed by atoms with E-state index < -0.39 is 0 Å². The summed E-state index contributed by atoms with van der Waals surface area (Å²) >= 11 is 0. The van der Waals surface area contributed by atoms with Gasteiger partial charge >= 0.3 is 0 Å². The Balaban J connectivity index is 1.50. The number of nitrogens with zero attached hydrogens (tertiary/aromatic N) is 5. The van der Waals surface area contributed by atoms with Gasteiger partial charge in [-0.3, -0.25) is 9.59 Å². The number of nitrogens with one attached hydrogen (secondary N) is 1. The third kappa shape index (κ3) is 4.18. The fourth-order valence-corrected chi connectivity index (χ4v) is 2.68. The zero-order valence-corrected chi connectivity index (χ0v) is 14.0. The SMILES string of the molecule is COCCN1CC(C(=O)NCc2ccc(-n3cncn3)nc2)CC1=O. The van der Waals surface area contributed by atoms with Crippen molar-refractivity contribution in [3.05, 3.63) is 36.5 Å². The molecule has 1 saturated heterocycles. The second kappa shape index (κ2) is 7.84. The first-order chi connectivity index (χ1) is 12.2. The van der Waals surface area contributed by atoms with Crippen LogP contribution >= 0.6 is 0 Å². The topological polar surface area (TPSA) is 102 Å². The number of likely N-dealkylation sites (tertiary alicyclic amines) is 1. The monoisotopic (exact) mass is 344 g/mol. The molecule has 25 heavy (non-hydrogen) atoms. The molecular formula is C16H20N6O3. The van der Waals surface area contributed by atoms with Crippen LogP contribution in [0.5, 0.6) is 0 Å². The maximum absolute atomic E-state index is 12.3. The van der Waals surface area contributed by atoms with Gasteiger partial charge in [-0.2, -0.15) is 5.10 Å². The molecule has 0 bridgehead atoms. The molecule has 3 heterocycles. The van der Waals surface area contributed by atoms with E-state index in [0.29, 0.717) is 32.1 Å². The number of hydrogen-bond donors (Lipinski definition) is 1. The molecule has 1 N–H and O–H groups in total. The molecule has 0 aromatic carbocycles. The van der Waals surface area contributed by atoms with Crippen molar-refractivity contribution in [2.24, 2.45) is 5.92 Å². The first kappa shape index (κ1) is 17.0. The molecule has 9 heteroatoms. The van der Waals surface area contributed by atoms with Gasteiger partial charge in [0.25, 0.3) is 0 Å². The van der Waals surface area contributed by atoms with Crippen molar-refractivity contribution in [1.82, 2.24) is 30.0 Å². The first-order valence-electron chi connectivity index (χ1n) is 8.01. The molecule has 0 saturated carbocycles. The number of hydrogen-bond acceptors (Lipinski definition) is 6. The molecule has 1 aliphatic heterocycles. The number of amides is 2. The number of ether oxygens (including phenoxy) is 1. The van der Waals surface area contributed by atoms with Crippen molar-refractivity contribution < 1.29 is 14.3 Å². The highest BCUT2D eigenvalue weighted by Crippen LogP contribution is 2.17. The summed E-state index contributed by atoms with van der Waals surface area (Å²) in [6.45, 7) is 1.81. The summed E-state index contributed by atoms with van der Waals surface area (Å²) in [7, 11) is 1.59. The Morgan fingerprint density at radius 2 is 2.32 bits per heavy atom. The van der Waals surface area contributed by atoms with Gasteiger partial charge in [-0.05, 0) is 11.6 Å². The lowest BCUT2D eigenvalue weighted by atomic mass is 10.1. The van der Waals surface area contributed by atoms with Crippen molar-refractivity contribution in [1.29, 1.82) is 0 Å². The molecule has 0 radical (unpaired) electrons. The van der Waals surface area contributed by atoms with Gasteiger partial charge in [0.15, 0.2) is 5.82 Å². The van der Waals surface area contributed by atoms with Crippen LogP contribution in [0.25, 0.3) is 5.82 Å². The average Bonchev–Trinajstić information content (AvgIpc) is 3.28. The molecule has 1 fully saturated rings. The van der Waals surface area contributed by atoms with E-state index >= 15 is 0 Å². The molecular weight excluding hydrogens is 324 g/mol. The van der Waals surface area contributed by atoms with E-state index in [9.17, 15) is 9.59 Å². The summed E-state index contributed by atoms with van der Waals surface area (Å²) in [6.07, 6.45) is 4.94. The number of pyridine rings is 1. The normalized spacial score (nSPS) is 17.1. The summed E-state index contributed by atoms with van der Waals surface area (Å²) in [5, 5.41) is 6.87. The summed E-state index contributed by atoms with van der Waals surface area (Å²) in [5.74, 6) is 0.221. The van der Waals surface area contributed by atoms with Gasteiger partial charge in [-0.1, -0.05) is 6.07 Å². The van der Waals surface area contributed by atoms with Gasteiger partial charge in [-0.25, -0.2) is 14.6 Å². The minimum Gasteiger partial charge on any atom is -0.383 e. The van der Waals surface area contributed by atoms with Crippen LogP contribution in [0.2, 0.25) is 0 Å². The Labute approximate surface area is 145 Å². The highest BCUT2D eigenvalue weighted by atomic mass is 16.5. The van der Waals surface area contributed by atoms with Gasteiger partial charge < -0.3 is 15.0 Å². The average molecular weight is 344 g/mol. The highest BCUT2D eigenvalue weighted by Gasteiger charge is 2.33. The Kier molecular flexibility index (Phi) is 5.34. The maximum Gasteiger partial charge on any atom is 0.225 e. The zero-order valence-electron chi connectivity index (χ0n) is 14.0. The zero-order chi connectivity index (χ0) is 17.6. The maximum atomic E-state index is 12.3. The Bertz CT molecular complexity index is 716. The predicted molar refractivity (Wildman–Crippen MR) is 87.6 cm³/mol. The molecule has 132 valence electrons. The Hall–Kier alpha value is -2.81. The standard InChI is InChI=1S/C16H20N6O3/c1-25-5-4-21-9-13(6-15(21)23)16(24)19-8-12-2-3-14(18-7-12)22-11-17-10-20-22/h2-3,7,10-11,13H,4-6,8-9H2,1H3,(H,19,24). The van der Waals surface area contributed by atoms with Crippen LogP contribution in [0.15, 0.2) is 31.0 Å². The molecule has 1 aliphatic rings. The van der Waals surface area contributed by atoms with E-state index in [1.807, 2.05) is 12.1 Å². The quantitative estimate of drug-likeness (QED) is 0.745. The van der Waals surface area contributed by atoms with E-state index in [-0.39, 0.29) is 24.2 Å². The lowest BCUT2D eigenvalue weighted by Crippen LogP contribution is -2.33. The fraction of sp³-hybridized carbons (Fsp3) is 0.438. The third-order valence-corrected chi connectivity index (χ3v) is 4.08. The minimum absolute atomic E-state index is 0.00366. The van der Waals surface area contributed by atoms with Crippen LogP contribution < -0.4 is 5.32 Å². The van der Waals surface area contributed by atoms with Crippen LogP contribution in [-0.4, -0.2) is 63.3 Å². The van der Waals surface area contributed by atoms with Crippen molar-refractivity contribution in [2.45, 2.75) is 13.0 Å². The first-order valence-corrected chi connectivity index (χ1v) is 8.01. The van der Waals surface area contributed by atoms with Gasteiger partial charge in [0.05, 0.1) is 12.5 Å². The van der Waals surface area contributed by atoms with Crippen LogP contribution in [-0.2, 0) is 20.9 Å². The molecule has 1 atom stereocenters. The molecule has 0 spiro atoms. The molecule has 9 nitrogen and oxygen atoms in total. The van der Waals surface area contributed by atoms with Crippen molar-refractivity contribution >= 4 is 11.8 Å². The van der Waals surface area contributed by atoms with Crippen molar-refractivity contribution in [2.75, 3.05) is 26.8 Å². The van der Waals surface area contributed by atoms with Crippen LogP contribution in [0.4, 0.5) is 0 Å². The van der Waals surface area contributed by atoms with Gasteiger partial charge in [-0.15, -0.1) is 0 Å². The van der Waals surface area contributed by atoms with Crippen molar-refractivity contribution in [3.63, 3.8) is 0 Å². The van der Waals surface area contributed by atoms with E-state index in [2.05, 4.69) is 20.4 Å². The number of carbonyl (C=O) groups is 2. The summed E-state index contributed by atoms with van der Waals surface area (Å²) < 4.78 is 6.53. The van der Waals surface area contributed by atoms with Crippen LogP contribution in [0, 0.1) is 5.92 Å². The highest BCUT2D eigenvalue weighted by molar-refractivity contribution is 5.89. The second-order valence-corrected chi connectivity index (χ2v) is 5.82. The van der Waals surface area contributed by atoms with E-state index in [1.54, 1.807) is 29.2 Å². The van der Waals surface area contributed by atoms with Gasteiger partial charge in [0.2, 0.25) is 11.8 Å². The number of rotatable bonds is 7. The van der Waals surface area contributed by atoms with E-state index in [1.165, 1.54) is 6.33 Å². The van der Waals surface area contributed by atoms with Gasteiger partial charge in [0.1, 0.15) is 12.7 Å². The lowest BCUT2D eigenvalue weighted by molar-refractivity contribution is -0.129.